The fourth-order valence-electron chi connectivity index (χ4n) is 3.96. The summed E-state index contributed by atoms with van der Waals surface area (Å²) < 4.78 is 29.1. The minimum absolute atomic E-state index is 0.197. The minimum atomic E-state index is -4.09. The van der Waals surface area contributed by atoms with E-state index in [1.54, 1.807) is 24.3 Å². The zero-order chi connectivity index (χ0) is 24.5. The van der Waals surface area contributed by atoms with E-state index in [9.17, 15) is 18.4 Å². The fraction of sp³-hybridized carbons (Fsp3) is 0.192. The van der Waals surface area contributed by atoms with E-state index in [2.05, 4.69) is 5.10 Å². The third-order valence-corrected chi connectivity index (χ3v) is 5.91. The lowest BCUT2D eigenvalue weighted by atomic mass is 9.92. The number of aryl methyl sites for hydroxylation is 1. The number of hydrazone groups is 1. The third kappa shape index (κ3) is 4.84. The van der Waals surface area contributed by atoms with Gasteiger partial charge in [-0.25, -0.2) is 5.01 Å². The van der Waals surface area contributed by atoms with Gasteiger partial charge >= 0.3 is 17.8 Å². The molecule has 3 aromatic rings. The smallest absolute Gasteiger partial charge is 0.337 e. The molecular formula is C26H21ClF2N2O3. The van der Waals surface area contributed by atoms with Crippen LogP contribution in [0.2, 0.25) is 5.02 Å². The molecule has 1 N–H and O–H groups in total. The topological polar surface area (TPSA) is 70.0 Å². The highest BCUT2D eigenvalue weighted by Gasteiger charge is 2.48. The number of halogens is 3. The second kappa shape index (κ2) is 9.35. The summed E-state index contributed by atoms with van der Waals surface area (Å²) in [4.78, 5) is 23.8. The van der Waals surface area contributed by atoms with Gasteiger partial charge in [-0.2, -0.15) is 13.9 Å². The van der Waals surface area contributed by atoms with E-state index in [-0.39, 0.29) is 6.42 Å². The number of alkyl halides is 2. The average Bonchev–Trinajstić information content (AvgIpc) is 3.24. The lowest BCUT2D eigenvalue weighted by molar-refractivity contribution is -0.167. The van der Waals surface area contributed by atoms with E-state index in [4.69, 9.17) is 16.7 Å². The number of benzene rings is 3. The molecule has 0 spiro atoms. The second-order valence-electron chi connectivity index (χ2n) is 8.15. The summed E-state index contributed by atoms with van der Waals surface area (Å²) in [6.07, 6.45) is -1.41. The van der Waals surface area contributed by atoms with Gasteiger partial charge in [-0.15, -0.1) is 0 Å². The standard InChI is InChI=1S/C26H21ClF2N2O3/c1-16-6-8-18(9-7-16)23-14-22(30-31(23)25(34)26(28,29)15-24(32)33)21-5-3-2-4-20(21)17-10-12-19(27)13-11-17/h2-13,23H,14-15H2,1H3,(H,32,33). The molecule has 1 unspecified atom stereocenters. The summed E-state index contributed by atoms with van der Waals surface area (Å²) in [7, 11) is 0. The predicted molar refractivity (Wildman–Crippen MR) is 126 cm³/mol. The first-order chi connectivity index (χ1) is 16.2. The monoisotopic (exact) mass is 482 g/mol. The molecule has 1 atom stereocenters. The van der Waals surface area contributed by atoms with Crippen molar-refractivity contribution in [3.63, 3.8) is 0 Å². The summed E-state index contributed by atoms with van der Waals surface area (Å²) in [6, 6.07) is 20.9. The van der Waals surface area contributed by atoms with Crippen molar-refractivity contribution in [1.29, 1.82) is 0 Å². The van der Waals surface area contributed by atoms with Crippen LogP contribution in [0.1, 0.15) is 35.6 Å². The van der Waals surface area contributed by atoms with Crippen LogP contribution in [-0.4, -0.2) is 33.6 Å². The van der Waals surface area contributed by atoms with Gasteiger partial charge in [0.2, 0.25) is 0 Å². The minimum Gasteiger partial charge on any atom is -0.481 e. The highest BCUT2D eigenvalue weighted by atomic mass is 35.5. The summed E-state index contributed by atoms with van der Waals surface area (Å²) in [5, 5.41) is 14.5. The summed E-state index contributed by atoms with van der Waals surface area (Å²) in [6.45, 7) is 1.90. The van der Waals surface area contributed by atoms with E-state index in [1.165, 1.54) is 0 Å². The molecule has 4 rings (SSSR count). The number of hydrogen-bond donors (Lipinski definition) is 1. The molecule has 1 heterocycles. The van der Waals surface area contributed by atoms with Crippen molar-refractivity contribution >= 4 is 29.2 Å². The number of aliphatic carboxylic acids is 1. The van der Waals surface area contributed by atoms with Gasteiger partial charge in [0.05, 0.1) is 11.8 Å². The Labute approximate surface area is 200 Å². The zero-order valence-electron chi connectivity index (χ0n) is 18.2. The Morgan fingerprint density at radius 2 is 1.65 bits per heavy atom. The van der Waals surface area contributed by atoms with Crippen molar-refractivity contribution < 1.29 is 23.5 Å². The van der Waals surface area contributed by atoms with Gasteiger partial charge in [0.15, 0.2) is 0 Å². The first kappa shape index (κ1) is 23.6. The fourth-order valence-corrected chi connectivity index (χ4v) is 4.08. The van der Waals surface area contributed by atoms with Gasteiger partial charge in [-0.05, 0) is 35.7 Å². The number of carboxylic acid groups (broad SMARTS) is 1. The first-order valence-corrected chi connectivity index (χ1v) is 11.0. The Hall–Kier alpha value is -3.58. The highest BCUT2D eigenvalue weighted by molar-refractivity contribution is 6.30. The van der Waals surface area contributed by atoms with Crippen molar-refractivity contribution in [1.82, 2.24) is 5.01 Å². The molecule has 0 fully saturated rings. The molecular weight excluding hydrogens is 462 g/mol. The number of nitrogens with zero attached hydrogens (tertiary/aromatic N) is 2. The Morgan fingerprint density at radius 1 is 1.03 bits per heavy atom. The highest BCUT2D eigenvalue weighted by Crippen LogP contribution is 2.38. The molecule has 0 aromatic heterocycles. The Bertz CT molecular complexity index is 1260. The summed E-state index contributed by atoms with van der Waals surface area (Å²) in [5.74, 6) is -7.50. The third-order valence-electron chi connectivity index (χ3n) is 5.66. The van der Waals surface area contributed by atoms with E-state index < -0.39 is 30.3 Å². The second-order valence-corrected chi connectivity index (χ2v) is 8.59. The van der Waals surface area contributed by atoms with Crippen molar-refractivity contribution in [3.8, 4) is 11.1 Å². The number of carbonyl (C=O) groups excluding carboxylic acids is 1. The van der Waals surface area contributed by atoms with Gasteiger partial charge in [0.1, 0.15) is 6.42 Å². The van der Waals surface area contributed by atoms with Gasteiger partial charge < -0.3 is 5.11 Å². The molecule has 1 aliphatic heterocycles. The lowest BCUT2D eigenvalue weighted by Gasteiger charge is -2.25. The molecule has 174 valence electrons. The number of carboxylic acids is 1. The maximum atomic E-state index is 14.5. The zero-order valence-corrected chi connectivity index (χ0v) is 19.0. The molecule has 5 nitrogen and oxygen atoms in total. The molecule has 0 saturated carbocycles. The van der Waals surface area contributed by atoms with Crippen LogP contribution in [-0.2, 0) is 9.59 Å². The van der Waals surface area contributed by atoms with Crippen molar-refractivity contribution in [3.05, 3.63) is 94.5 Å². The van der Waals surface area contributed by atoms with Crippen LogP contribution >= 0.6 is 11.6 Å². The quantitative estimate of drug-likeness (QED) is 0.461. The van der Waals surface area contributed by atoms with E-state index in [0.29, 0.717) is 21.9 Å². The molecule has 8 heteroatoms. The van der Waals surface area contributed by atoms with Gasteiger partial charge in [0, 0.05) is 17.0 Å². The van der Waals surface area contributed by atoms with Crippen LogP contribution < -0.4 is 0 Å². The number of amides is 1. The predicted octanol–water partition coefficient (Wildman–Crippen LogP) is 6.10. The van der Waals surface area contributed by atoms with E-state index >= 15 is 0 Å². The number of rotatable bonds is 6. The van der Waals surface area contributed by atoms with Crippen LogP contribution in [0, 0.1) is 6.92 Å². The van der Waals surface area contributed by atoms with Gasteiger partial charge in [-0.1, -0.05) is 77.8 Å². The normalized spacial score (nSPS) is 15.8. The van der Waals surface area contributed by atoms with Crippen LogP contribution in [0.15, 0.2) is 77.9 Å². The maximum absolute atomic E-state index is 14.5. The van der Waals surface area contributed by atoms with E-state index in [1.807, 2.05) is 55.5 Å². The maximum Gasteiger partial charge on any atom is 0.337 e. The SMILES string of the molecule is Cc1ccc(C2CC(c3ccccc3-c3ccc(Cl)cc3)=NN2C(=O)C(F)(F)CC(=O)O)cc1. The van der Waals surface area contributed by atoms with E-state index in [0.717, 1.165) is 21.7 Å². The average molecular weight is 483 g/mol. The molecule has 0 radical (unpaired) electrons. The molecule has 3 aromatic carbocycles. The summed E-state index contributed by atoms with van der Waals surface area (Å²) in [5.41, 5.74) is 4.43. The Balaban J connectivity index is 1.78. The van der Waals surface area contributed by atoms with Crippen molar-refractivity contribution in [2.24, 2.45) is 5.10 Å². The van der Waals surface area contributed by atoms with Crippen molar-refractivity contribution in [2.75, 3.05) is 0 Å². The van der Waals surface area contributed by atoms with Crippen LogP contribution in [0.4, 0.5) is 8.78 Å². The van der Waals surface area contributed by atoms with Crippen LogP contribution in [0.5, 0.6) is 0 Å². The molecule has 0 saturated heterocycles. The Kier molecular flexibility index (Phi) is 6.48. The number of hydrogen-bond acceptors (Lipinski definition) is 3. The lowest BCUT2D eigenvalue weighted by Crippen LogP contribution is -2.42. The molecule has 34 heavy (non-hydrogen) atoms. The summed E-state index contributed by atoms with van der Waals surface area (Å²) >= 11 is 6.02. The molecule has 0 aliphatic carbocycles. The van der Waals surface area contributed by atoms with Crippen LogP contribution in [0.25, 0.3) is 11.1 Å². The largest absolute Gasteiger partial charge is 0.481 e. The van der Waals surface area contributed by atoms with Gasteiger partial charge in [-0.3, -0.25) is 9.59 Å². The van der Waals surface area contributed by atoms with Crippen LogP contribution in [0.3, 0.4) is 0 Å². The number of carbonyl (C=O) groups is 2. The molecule has 1 aliphatic rings. The Morgan fingerprint density at radius 3 is 2.26 bits per heavy atom. The molecule has 0 bridgehead atoms. The molecule has 1 amide bonds. The first-order valence-electron chi connectivity index (χ1n) is 10.6. The van der Waals surface area contributed by atoms with Gasteiger partial charge in [0.25, 0.3) is 0 Å². The van der Waals surface area contributed by atoms with Crippen molar-refractivity contribution in [2.45, 2.75) is 31.7 Å².